The molecule has 0 saturated heterocycles. The molecule has 4 fully saturated rings. The first-order valence-electron chi connectivity index (χ1n) is 4.07. The molecular formula is C8H10O. The molecule has 0 aromatic rings. The molecule has 0 bridgehead atoms. The van der Waals surface area contributed by atoms with Crippen molar-refractivity contribution in [3.05, 3.63) is 0 Å². The molecule has 0 aliphatic heterocycles. The van der Waals surface area contributed by atoms with E-state index in [1.807, 2.05) is 0 Å². The standard InChI is InChI=1S/C8H10O/c9-8-3-1-2-4(3)6-5(2)7(6)8/h2-9H,1H2/t2?,3?,4?,5?,6?,7?,8-/m1/s1. The second-order valence-electron chi connectivity index (χ2n) is 4.36. The number of aliphatic hydroxyl groups is 1. The second kappa shape index (κ2) is 0.800. The Morgan fingerprint density at radius 2 is 1.78 bits per heavy atom. The Hall–Kier alpha value is -0.0400. The third kappa shape index (κ3) is 0.196. The van der Waals surface area contributed by atoms with Crippen molar-refractivity contribution in [2.75, 3.05) is 0 Å². The highest BCUT2D eigenvalue weighted by atomic mass is 16.3. The topological polar surface area (TPSA) is 20.2 Å². The largest absolute Gasteiger partial charge is 0.393 e. The summed E-state index contributed by atoms with van der Waals surface area (Å²) in [7, 11) is 0. The van der Waals surface area contributed by atoms with Crippen LogP contribution in [-0.2, 0) is 0 Å². The van der Waals surface area contributed by atoms with E-state index in [1.165, 1.54) is 6.42 Å². The lowest BCUT2D eigenvalue weighted by atomic mass is 9.51. The smallest absolute Gasteiger partial charge is 0.0605 e. The van der Waals surface area contributed by atoms with Crippen LogP contribution in [0.4, 0.5) is 0 Å². The van der Waals surface area contributed by atoms with E-state index in [0.29, 0.717) is 0 Å². The minimum atomic E-state index is 0.148. The maximum absolute atomic E-state index is 9.55. The van der Waals surface area contributed by atoms with Crippen molar-refractivity contribution in [3.8, 4) is 0 Å². The maximum Gasteiger partial charge on any atom is 0.0605 e. The molecule has 6 unspecified atom stereocenters. The van der Waals surface area contributed by atoms with Gasteiger partial charge in [-0.25, -0.2) is 0 Å². The van der Waals surface area contributed by atoms with Crippen molar-refractivity contribution in [3.63, 3.8) is 0 Å². The van der Waals surface area contributed by atoms with E-state index < -0.39 is 0 Å². The summed E-state index contributed by atoms with van der Waals surface area (Å²) in [6, 6.07) is 0. The van der Waals surface area contributed by atoms with Gasteiger partial charge in [0.15, 0.2) is 0 Å². The minimum absolute atomic E-state index is 0.148. The molecule has 0 spiro atoms. The van der Waals surface area contributed by atoms with Gasteiger partial charge < -0.3 is 5.11 Å². The summed E-state index contributed by atoms with van der Waals surface area (Å²) >= 11 is 0. The van der Waals surface area contributed by atoms with E-state index in [9.17, 15) is 5.11 Å². The molecule has 48 valence electrons. The van der Waals surface area contributed by atoms with Gasteiger partial charge >= 0.3 is 0 Å². The van der Waals surface area contributed by atoms with Crippen LogP contribution in [0.5, 0.6) is 0 Å². The molecule has 1 heteroatoms. The quantitative estimate of drug-likeness (QED) is 0.495. The van der Waals surface area contributed by atoms with Crippen LogP contribution in [0.1, 0.15) is 6.42 Å². The third-order valence-electron chi connectivity index (χ3n) is 4.50. The summed E-state index contributed by atoms with van der Waals surface area (Å²) < 4.78 is 0. The predicted molar refractivity (Wildman–Crippen MR) is 31.6 cm³/mol. The lowest BCUT2D eigenvalue weighted by molar-refractivity contribution is -0.107. The molecule has 0 amide bonds. The van der Waals surface area contributed by atoms with Gasteiger partial charge in [0, 0.05) is 0 Å². The van der Waals surface area contributed by atoms with Crippen LogP contribution in [-0.4, -0.2) is 11.2 Å². The Kier molecular flexibility index (Phi) is 0.353. The summed E-state index contributed by atoms with van der Waals surface area (Å²) in [5.74, 6) is 5.76. The molecule has 4 rings (SSSR count). The van der Waals surface area contributed by atoms with Crippen LogP contribution in [0.3, 0.4) is 0 Å². The first-order chi connectivity index (χ1) is 4.39. The van der Waals surface area contributed by atoms with Crippen LogP contribution in [0.15, 0.2) is 0 Å². The third-order valence-corrected chi connectivity index (χ3v) is 4.50. The first kappa shape index (κ1) is 3.97. The van der Waals surface area contributed by atoms with Gasteiger partial charge in [-0.15, -0.1) is 0 Å². The van der Waals surface area contributed by atoms with Crippen molar-refractivity contribution in [2.24, 2.45) is 35.5 Å². The molecule has 0 aromatic carbocycles. The van der Waals surface area contributed by atoms with E-state index in [4.69, 9.17) is 0 Å². The Morgan fingerprint density at radius 1 is 0.889 bits per heavy atom. The van der Waals surface area contributed by atoms with Crippen LogP contribution in [0.25, 0.3) is 0 Å². The Morgan fingerprint density at radius 3 is 2.11 bits per heavy atom. The van der Waals surface area contributed by atoms with Crippen molar-refractivity contribution >= 4 is 0 Å². The fourth-order valence-electron chi connectivity index (χ4n) is 4.17. The lowest BCUT2D eigenvalue weighted by Gasteiger charge is -2.54. The fraction of sp³-hybridized carbons (Fsp3) is 1.00. The normalized spacial score (nSPS) is 87.0. The monoisotopic (exact) mass is 122 g/mol. The molecule has 9 heavy (non-hydrogen) atoms. The van der Waals surface area contributed by atoms with Crippen molar-refractivity contribution in [2.45, 2.75) is 12.5 Å². The molecule has 0 aromatic heterocycles. The molecular weight excluding hydrogens is 112 g/mol. The zero-order chi connectivity index (χ0) is 5.75. The summed E-state index contributed by atoms with van der Waals surface area (Å²) in [5, 5.41) is 9.55. The van der Waals surface area contributed by atoms with Crippen molar-refractivity contribution < 1.29 is 5.11 Å². The highest BCUT2D eigenvalue weighted by Crippen LogP contribution is 2.85. The van der Waals surface area contributed by atoms with E-state index in [1.54, 1.807) is 0 Å². The zero-order valence-corrected chi connectivity index (χ0v) is 5.20. The molecule has 4 saturated carbocycles. The lowest BCUT2D eigenvalue weighted by Crippen LogP contribution is -2.52. The highest BCUT2D eigenvalue weighted by molar-refractivity contribution is 5.30. The Balaban J connectivity index is 1.93. The predicted octanol–water partition coefficient (Wildman–Crippen LogP) is 0.489. The number of hydrogen-bond acceptors (Lipinski definition) is 1. The Bertz CT molecular complexity index is 185. The van der Waals surface area contributed by atoms with Gasteiger partial charge in [0.2, 0.25) is 0 Å². The summed E-state index contributed by atoms with van der Waals surface area (Å²) in [6.45, 7) is 0. The van der Waals surface area contributed by atoms with Gasteiger partial charge in [0.05, 0.1) is 6.10 Å². The molecule has 4 aliphatic carbocycles. The van der Waals surface area contributed by atoms with Crippen LogP contribution < -0.4 is 0 Å². The van der Waals surface area contributed by atoms with Crippen LogP contribution >= 0.6 is 0 Å². The van der Waals surface area contributed by atoms with Crippen LogP contribution in [0.2, 0.25) is 0 Å². The summed E-state index contributed by atoms with van der Waals surface area (Å²) in [5.41, 5.74) is 0. The summed E-state index contributed by atoms with van der Waals surface area (Å²) in [6.07, 6.45) is 1.53. The first-order valence-corrected chi connectivity index (χ1v) is 4.07. The van der Waals surface area contributed by atoms with E-state index in [2.05, 4.69) is 0 Å². The van der Waals surface area contributed by atoms with Gasteiger partial charge in [0.25, 0.3) is 0 Å². The fourth-order valence-corrected chi connectivity index (χ4v) is 4.17. The maximum atomic E-state index is 9.55. The van der Waals surface area contributed by atoms with Crippen molar-refractivity contribution in [1.82, 2.24) is 0 Å². The van der Waals surface area contributed by atoms with Crippen LogP contribution in [0, 0.1) is 35.5 Å². The molecule has 1 nitrogen and oxygen atoms in total. The molecule has 1 N–H and O–H groups in total. The van der Waals surface area contributed by atoms with Gasteiger partial charge in [-0.2, -0.15) is 0 Å². The molecule has 0 heterocycles. The van der Waals surface area contributed by atoms with Gasteiger partial charge in [-0.1, -0.05) is 0 Å². The SMILES string of the molecule is O[C@@H]1C2CC3C2C2C3C21. The van der Waals surface area contributed by atoms with E-state index >= 15 is 0 Å². The summed E-state index contributed by atoms with van der Waals surface area (Å²) in [4.78, 5) is 0. The molecule has 4 aliphatic rings. The highest BCUT2D eigenvalue weighted by Gasteiger charge is 2.83. The Labute approximate surface area is 54.1 Å². The number of rotatable bonds is 0. The number of fused-ring (bicyclic) bond motifs is 2. The molecule has 7 atom stereocenters. The minimum Gasteiger partial charge on any atom is -0.393 e. The van der Waals surface area contributed by atoms with Gasteiger partial charge in [0.1, 0.15) is 0 Å². The second-order valence-corrected chi connectivity index (χ2v) is 4.36. The number of aliphatic hydroxyl groups excluding tert-OH is 1. The van der Waals surface area contributed by atoms with E-state index in [-0.39, 0.29) is 6.10 Å². The zero-order valence-electron chi connectivity index (χ0n) is 5.20. The average Bonchev–Trinajstić information content (AvgIpc) is 2.35. The number of hydrogen-bond donors (Lipinski definition) is 1. The average molecular weight is 122 g/mol. The van der Waals surface area contributed by atoms with Gasteiger partial charge in [-0.3, -0.25) is 0 Å². The van der Waals surface area contributed by atoms with E-state index in [0.717, 1.165) is 35.5 Å². The van der Waals surface area contributed by atoms with Gasteiger partial charge in [-0.05, 0) is 41.9 Å². The molecule has 0 radical (unpaired) electrons. The van der Waals surface area contributed by atoms with Crippen molar-refractivity contribution in [1.29, 1.82) is 0 Å².